The molecule has 0 aromatic carbocycles. The number of primary amides is 1. The molecule has 3 atom stereocenters. The Morgan fingerprint density at radius 2 is 1.30 bits per heavy atom. The summed E-state index contributed by atoms with van der Waals surface area (Å²) >= 11 is 0. The van der Waals surface area contributed by atoms with Crippen molar-refractivity contribution >= 4 is 35.6 Å². The van der Waals surface area contributed by atoms with Crippen molar-refractivity contribution < 1.29 is 39.0 Å². The summed E-state index contributed by atoms with van der Waals surface area (Å²) in [5, 5.41) is 24.2. The van der Waals surface area contributed by atoms with E-state index in [1.165, 1.54) is 0 Å². The van der Waals surface area contributed by atoms with Gasteiger partial charge in [0.05, 0.1) is 6.04 Å². The fourth-order valence-electron chi connectivity index (χ4n) is 2.22. The summed E-state index contributed by atoms with van der Waals surface area (Å²) in [6.07, 6.45) is -1.24. The zero-order valence-corrected chi connectivity index (χ0v) is 16.8. The van der Waals surface area contributed by atoms with Crippen LogP contribution >= 0.6 is 0 Å². The summed E-state index contributed by atoms with van der Waals surface area (Å²) in [4.78, 5) is 69.5. The third-order valence-electron chi connectivity index (χ3n) is 4.03. The molecule has 30 heavy (non-hydrogen) atoms. The molecule has 0 aliphatic carbocycles. The van der Waals surface area contributed by atoms with Gasteiger partial charge >= 0.3 is 11.9 Å². The van der Waals surface area contributed by atoms with E-state index in [1.807, 2.05) is 5.32 Å². The lowest BCUT2D eigenvalue weighted by Crippen LogP contribution is -2.56. The Hall–Kier alpha value is -3.22. The molecule has 0 aromatic heterocycles. The summed E-state index contributed by atoms with van der Waals surface area (Å²) in [5.41, 5.74) is 10.8. The predicted octanol–water partition coefficient (Wildman–Crippen LogP) is -2.73. The van der Waals surface area contributed by atoms with Crippen LogP contribution in [0.4, 0.5) is 0 Å². The molecule has 0 aromatic rings. The second kappa shape index (κ2) is 13.1. The molecule has 13 heteroatoms. The van der Waals surface area contributed by atoms with E-state index in [1.54, 1.807) is 13.8 Å². The van der Waals surface area contributed by atoms with Gasteiger partial charge in [-0.2, -0.15) is 0 Å². The van der Waals surface area contributed by atoms with E-state index in [-0.39, 0.29) is 25.2 Å². The van der Waals surface area contributed by atoms with Crippen molar-refractivity contribution in [3.8, 4) is 0 Å². The first kappa shape index (κ1) is 26.8. The van der Waals surface area contributed by atoms with E-state index >= 15 is 0 Å². The molecule has 0 saturated carbocycles. The van der Waals surface area contributed by atoms with Gasteiger partial charge in [-0.25, -0.2) is 0 Å². The number of carboxylic acid groups (broad SMARTS) is 2. The van der Waals surface area contributed by atoms with Crippen molar-refractivity contribution in [3.63, 3.8) is 0 Å². The molecule has 4 amide bonds. The second-order valence-electron chi connectivity index (χ2n) is 6.94. The van der Waals surface area contributed by atoms with Gasteiger partial charge in [-0.15, -0.1) is 0 Å². The molecule has 0 aliphatic rings. The Morgan fingerprint density at radius 3 is 1.77 bits per heavy atom. The van der Waals surface area contributed by atoms with Crippen molar-refractivity contribution in [2.45, 2.75) is 57.7 Å². The second-order valence-corrected chi connectivity index (χ2v) is 6.94. The highest BCUT2D eigenvalue weighted by Crippen LogP contribution is 2.05. The van der Waals surface area contributed by atoms with Crippen molar-refractivity contribution in [3.05, 3.63) is 0 Å². The number of rotatable bonds is 14. The van der Waals surface area contributed by atoms with Gasteiger partial charge in [0.1, 0.15) is 18.6 Å². The van der Waals surface area contributed by atoms with Crippen LogP contribution in [0.2, 0.25) is 0 Å². The lowest BCUT2D eigenvalue weighted by atomic mass is 10.0. The van der Waals surface area contributed by atoms with Gasteiger partial charge in [0.2, 0.25) is 23.6 Å². The third kappa shape index (κ3) is 10.9. The van der Waals surface area contributed by atoms with Crippen molar-refractivity contribution in [1.29, 1.82) is 0 Å². The normalized spacial score (nSPS) is 13.6. The molecular formula is C17H29N5O8. The number of carbonyl (C=O) groups is 6. The highest BCUT2D eigenvalue weighted by molar-refractivity contribution is 5.94. The van der Waals surface area contributed by atoms with Crippen LogP contribution in [0, 0.1) is 5.92 Å². The van der Waals surface area contributed by atoms with E-state index in [4.69, 9.17) is 21.7 Å². The van der Waals surface area contributed by atoms with Gasteiger partial charge < -0.3 is 37.6 Å². The maximum absolute atomic E-state index is 12.6. The minimum atomic E-state index is -1.38. The molecule has 0 aliphatic heterocycles. The summed E-state index contributed by atoms with van der Waals surface area (Å²) in [5.74, 6) is -5.98. The maximum Gasteiger partial charge on any atom is 0.322 e. The molecule has 0 fully saturated rings. The molecule has 0 radical (unpaired) electrons. The number of aliphatic carboxylic acids is 2. The Balaban J connectivity index is 5.36. The maximum atomic E-state index is 12.6. The van der Waals surface area contributed by atoms with E-state index < -0.39 is 66.7 Å². The summed E-state index contributed by atoms with van der Waals surface area (Å²) in [6, 6.07) is -3.58. The van der Waals surface area contributed by atoms with Crippen LogP contribution in [0.15, 0.2) is 0 Å². The zero-order chi connectivity index (χ0) is 23.4. The lowest BCUT2D eigenvalue weighted by Gasteiger charge is -2.24. The summed E-state index contributed by atoms with van der Waals surface area (Å²) in [6.45, 7) is 2.65. The molecule has 0 saturated heterocycles. The standard InChI is InChI=1S/C17H29N5O8/c1-8(2)14(19)17(30)22-10(3-5-11(18)23)16(29)21-9(4-6-12(24)25)15(28)20-7-13(26)27/h8-10,14H,3-7,19H2,1-2H3,(H2,18,23)(H,20,28)(H,21,29)(H,22,30)(H,24,25)(H,26,27). The number of carbonyl (C=O) groups excluding carboxylic acids is 4. The minimum absolute atomic E-state index is 0.180. The first-order chi connectivity index (χ1) is 13.8. The smallest absolute Gasteiger partial charge is 0.322 e. The average molecular weight is 431 g/mol. The Kier molecular flexibility index (Phi) is 11.7. The average Bonchev–Trinajstić information content (AvgIpc) is 2.64. The molecular weight excluding hydrogens is 402 g/mol. The van der Waals surface area contributed by atoms with Crippen LogP contribution in [-0.4, -0.2) is 70.5 Å². The van der Waals surface area contributed by atoms with Gasteiger partial charge in [-0.3, -0.25) is 28.8 Å². The van der Waals surface area contributed by atoms with Crippen LogP contribution in [-0.2, 0) is 28.8 Å². The largest absolute Gasteiger partial charge is 0.481 e. The van der Waals surface area contributed by atoms with E-state index in [2.05, 4.69) is 10.6 Å². The van der Waals surface area contributed by atoms with Crippen LogP contribution in [0.3, 0.4) is 0 Å². The number of nitrogens with one attached hydrogen (secondary N) is 3. The molecule has 3 unspecified atom stereocenters. The SMILES string of the molecule is CC(C)C(N)C(=O)NC(CCC(N)=O)C(=O)NC(CCC(=O)O)C(=O)NCC(=O)O. The van der Waals surface area contributed by atoms with Gasteiger partial charge in [0, 0.05) is 12.8 Å². The number of hydrogen-bond acceptors (Lipinski definition) is 7. The van der Waals surface area contributed by atoms with Crippen LogP contribution in [0.1, 0.15) is 39.5 Å². The fraction of sp³-hybridized carbons (Fsp3) is 0.647. The summed E-state index contributed by atoms with van der Waals surface area (Å²) in [7, 11) is 0. The quantitative estimate of drug-likeness (QED) is 0.151. The highest BCUT2D eigenvalue weighted by atomic mass is 16.4. The van der Waals surface area contributed by atoms with Crippen molar-refractivity contribution in [1.82, 2.24) is 16.0 Å². The molecule has 0 spiro atoms. The van der Waals surface area contributed by atoms with E-state index in [9.17, 15) is 28.8 Å². The van der Waals surface area contributed by atoms with Crippen molar-refractivity contribution in [2.24, 2.45) is 17.4 Å². The van der Waals surface area contributed by atoms with E-state index in [0.717, 1.165) is 0 Å². The van der Waals surface area contributed by atoms with Gasteiger partial charge in [0.25, 0.3) is 0 Å². The van der Waals surface area contributed by atoms with Crippen LogP contribution in [0.25, 0.3) is 0 Å². The molecule has 13 nitrogen and oxygen atoms in total. The monoisotopic (exact) mass is 431 g/mol. The summed E-state index contributed by atoms with van der Waals surface area (Å²) < 4.78 is 0. The highest BCUT2D eigenvalue weighted by Gasteiger charge is 2.29. The Morgan fingerprint density at radius 1 is 0.800 bits per heavy atom. The van der Waals surface area contributed by atoms with E-state index in [0.29, 0.717) is 0 Å². The molecule has 170 valence electrons. The van der Waals surface area contributed by atoms with Crippen molar-refractivity contribution in [2.75, 3.05) is 6.54 Å². The van der Waals surface area contributed by atoms with Gasteiger partial charge in [-0.05, 0) is 18.8 Å². The van der Waals surface area contributed by atoms with Crippen LogP contribution in [0.5, 0.6) is 0 Å². The number of carboxylic acids is 2. The van der Waals surface area contributed by atoms with Crippen LogP contribution < -0.4 is 27.4 Å². The van der Waals surface area contributed by atoms with Gasteiger partial charge in [-0.1, -0.05) is 13.8 Å². The number of nitrogens with two attached hydrogens (primary N) is 2. The minimum Gasteiger partial charge on any atom is -0.481 e. The Bertz CT molecular complexity index is 667. The topological polar surface area (TPSA) is 231 Å². The predicted molar refractivity (Wildman–Crippen MR) is 103 cm³/mol. The molecule has 9 N–H and O–H groups in total. The first-order valence-electron chi connectivity index (χ1n) is 9.21. The fourth-order valence-corrected chi connectivity index (χ4v) is 2.22. The number of amides is 4. The molecule has 0 rings (SSSR count). The molecule has 0 heterocycles. The lowest BCUT2D eigenvalue weighted by molar-refractivity contribution is -0.140. The third-order valence-corrected chi connectivity index (χ3v) is 4.03. The first-order valence-corrected chi connectivity index (χ1v) is 9.21. The Labute approximate surface area is 172 Å². The van der Waals surface area contributed by atoms with Gasteiger partial charge in [0.15, 0.2) is 0 Å². The zero-order valence-electron chi connectivity index (χ0n) is 16.8. The number of hydrogen-bond donors (Lipinski definition) is 7. The molecule has 0 bridgehead atoms.